The summed E-state index contributed by atoms with van der Waals surface area (Å²) in [5.41, 5.74) is 12.5. The number of rotatable bonds is 17. The van der Waals surface area contributed by atoms with Gasteiger partial charge >= 0.3 is 0 Å². The van der Waals surface area contributed by atoms with Crippen molar-refractivity contribution in [3.05, 3.63) is 201 Å². The van der Waals surface area contributed by atoms with E-state index < -0.39 is 11.0 Å². The summed E-state index contributed by atoms with van der Waals surface area (Å²) in [6.45, 7) is 9.62. The second-order valence-electron chi connectivity index (χ2n) is 22.1. The van der Waals surface area contributed by atoms with Crippen molar-refractivity contribution in [2.75, 3.05) is 26.1 Å². The van der Waals surface area contributed by atoms with Gasteiger partial charge in [-0.2, -0.15) is 0 Å². The highest BCUT2D eigenvalue weighted by atomic mass is 35.5. The van der Waals surface area contributed by atoms with E-state index in [0.717, 1.165) is 108 Å². The van der Waals surface area contributed by atoms with Crippen molar-refractivity contribution in [2.24, 2.45) is 5.92 Å². The number of fused-ring (bicyclic) bond motifs is 8. The Kier molecular flexibility index (Phi) is 15.2. The summed E-state index contributed by atoms with van der Waals surface area (Å²) in [7, 11) is 3.39. The van der Waals surface area contributed by atoms with Crippen LogP contribution in [0.15, 0.2) is 152 Å². The predicted molar refractivity (Wildman–Crippen MR) is 322 cm³/mol. The lowest BCUT2D eigenvalue weighted by Gasteiger charge is -2.38. The average Bonchev–Trinajstić information content (AvgIpc) is 3.43. The van der Waals surface area contributed by atoms with Gasteiger partial charge in [-0.15, -0.1) is 0 Å². The largest absolute Gasteiger partial charge is 0.497 e. The Morgan fingerprint density at radius 1 is 0.679 bits per heavy atom. The second kappa shape index (κ2) is 22.4. The first-order valence-corrected chi connectivity index (χ1v) is 28.8. The molecule has 1 aliphatic heterocycles. The highest BCUT2D eigenvalue weighted by Gasteiger charge is 2.45. The fraction of sp³-hybridized carbons (Fsp3) is 0.300. The van der Waals surface area contributed by atoms with Gasteiger partial charge in [-0.1, -0.05) is 162 Å². The SMILES string of the molecule is CCCCC[C@H]1CC[C@H](c2ccc(-c3ccc(C(=O)Nc4ccc(-c5cc6c(cc5OC)C(C)(C)c5c7c(c8c(Cl)cc(Cl)cc8c5-6)OC(c5ccc(OC)cc5)(c5ccc(OCCCC)cc5)C=C7)cc4)cc3)cc2)CC1. The average molecular weight is 1080 g/mol. The molecule has 398 valence electrons. The van der Waals surface area contributed by atoms with Crippen LogP contribution < -0.4 is 24.3 Å². The van der Waals surface area contributed by atoms with Crippen LogP contribution in [0.4, 0.5) is 5.69 Å². The number of hydrogen-bond donors (Lipinski definition) is 1. The summed E-state index contributed by atoms with van der Waals surface area (Å²) >= 11 is 14.3. The standard InChI is InChI=1S/C70H69Cl2NO5/c1-7-9-11-12-44-13-15-45(16-14-44)46-17-19-47(20-18-46)48-21-23-50(24-22-48)68(74)73-54-31-25-49(26-32-54)58-42-59-61(43-63(58)76-6)69(3,4)66-57-37-38-70(51-27-33-55(75-5)34-28-51,52-29-35-56(36-30-52)77-39-10-8-2)78-67(57)65-60(64(59)66)40-53(71)41-62(65)72/h17-38,40-45H,7-16,39H2,1-6H3,(H,73,74)/t44-,45-,70?. The van der Waals surface area contributed by atoms with E-state index in [1.807, 2.05) is 78.9 Å². The number of carbonyl (C=O) groups excluding carboxylic acids is 1. The summed E-state index contributed by atoms with van der Waals surface area (Å²) < 4.78 is 25.5. The lowest BCUT2D eigenvalue weighted by atomic mass is 9.76. The molecule has 2 aliphatic carbocycles. The van der Waals surface area contributed by atoms with E-state index >= 15 is 0 Å². The van der Waals surface area contributed by atoms with Crippen molar-refractivity contribution in [3.63, 3.8) is 0 Å². The van der Waals surface area contributed by atoms with Crippen molar-refractivity contribution >= 4 is 51.6 Å². The molecule has 0 bridgehead atoms. The maximum absolute atomic E-state index is 13.7. The molecule has 1 N–H and O–H groups in total. The van der Waals surface area contributed by atoms with Crippen LogP contribution in [-0.2, 0) is 11.0 Å². The Balaban J connectivity index is 0.874. The number of methoxy groups -OCH3 is 2. The Bertz CT molecular complexity index is 3500. The van der Waals surface area contributed by atoms with Crippen molar-refractivity contribution in [3.8, 4) is 56.4 Å². The molecule has 1 fully saturated rings. The van der Waals surface area contributed by atoms with Crippen LogP contribution in [0.1, 0.15) is 142 Å². The number of unbranched alkanes of at least 4 members (excludes halogenated alkanes) is 3. The van der Waals surface area contributed by atoms with E-state index in [9.17, 15) is 4.79 Å². The Labute approximate surface area is 470 Å². The molecular formula is C70H69Cl2NO5. The molecule has 0 aromatic heterocycles. The number of benzene rings is 8. The summed E-state index contributed by atoms with van der Waals surface area (Å²) in [6, 6.07) is 49.4. The van der Waals surface area contributed by atoms with Gasteiger partial charge < -0.3 is 24.3 Å². The van der Waals surface area contributed by atoms with Crippen LogP contribution in [0.2, 0.25) is 10.0 Å². The van der Waals surface area contributed by atoms with Gasteiger partial charge in [0.2, 0.25) is 0 Å². The lowest BCUT2D eigenvalue weighted by molar-refractivity contribution is 0.102. The van der Waals surface area contributed by atoms with Gasteiger partial charge in [-0.25, -0.2) is 0 Å². The monoisotopic (exact) mass is 1070 g/mol. The van der Waals surface area contributed by atoms with Gasteiger partial charge in [0.25, 0.3) is 5.91 Å². The Morgan fingerprint density at radius 3 is 1.96 bits per heavy atom. The van der Waals surface area contributed by atoms with E-state index in [1.165, 1.54) is 56.9 Å². The predicted octanol–water partition coefficient (Wildman–Crippen LogP) is 19.4. The van der Waals surface area contributed by atoms with Gasteiger partial charge in [-0.3, -0.25) is 4.79 Å². The van der Waals surface area contributed by atoms with E-state index in [4.69, 9.17) is 42.1 Å². The zero-order chi connectivity index (χ0) is 54.1. The summed E-state index contributed by atoms with van der Waals surface area (Å²) in [5.74, 6) is 4.37. The number of anilines is 1. The minimum absolute atomic E-state index is 0.166. The first kappa shape index (κ1) is 53.0. The highest BCUT2D eigenvalue weighted by Crippen LogP contribution is 2.61. The first-order chi connectivity index (χ1) is 37.9. The second-order valence-corrected chi connectivity index (χ2v) is 22.9. The minimum atomic E-state index is -1.03. The molecule has 3 aliphatic rings. The van der Waals surface area contributed by atoms with E-state index in [1.54, 1.807) is 20.3 Å². The number of ether oxygens (including phenoxy) is 4. The van der Waals surface area contributed by atoms with E-state index in [2.05, 4.69) is 106 Å². The molecule has 0 radical (unpaired) electrons. The molecule has 8 aromatic carbocycles. The highest BCUT2D eigenvalue weighted by molar-refractivity contribution is 6.40. The number of amides is 1. The van der Waals surface area contributed by atoms with E-state index in [-0.39, 0.29) is 5.91 Å². The molecule has 0 spiro atoms. The van der Waals surface area contributed by atoms with Gasteiger partial charge in [-0.05, 0) is 173 Å². The van der Waals surface area contributed by atoms with Crippen molar-refractivity contribution in [1.29, 1.82) is 0 Å². The molecule has 1 saturated carbocycles. The van der Waals surface area contributed by atoms with Crippen LogP contribution >= 0.6 is 23.2 Å². The van der Waals surface area contributed by atoms with Crippen molar-refractivity contribution < 1.29 is 23.7 Å². The van der Waals surface area contributed by atoms with Gasteiger partial charge in [0, 0.05) is 49.3 Å². The fourth-order valence-electron chi connectivity index (χ4n) is 12.6. The van der Waals surface area contributed by atoms with Gasteiger partial charge in [0.1, 0.15) is 23.0 Å². The normalized spacial score (nSPS) is 17.9. The van der Waals surface area contributed by atoms with Crippen LogP contribution in [0.3, 0.4) is 0 Å². The van der Waals surface area contributed by atoms with Crippen molar-refractivity contribution in [1.82, 2.24) is 0 Å². The molecule has 1 atom stereocenters. The lowest BCUT2D eigenvalue weighted by Crippen LogP contribution is -2.35. The first-order valence-electron chi connectivity index (χ1n) is 28.0. The number of hydrogen-bond acceptors (Lipinski definition) is 5. The molecule has 6 nitrogen and oxygen atoms in total. The van der Waals surface area contributed by atoms with E-state index in [0.29, 0.717) is 39.6 Å². The van der Waals surface area contributed by atoms with Crippen LogP contribution in [0.5, 0.6) is 23.0 Å². The van der Waals surface area contributed by atoms with Crippen LogP contribution in [0.25, 0.3) is 50.2 Å². The third-order valence-corrected chi connectivity index (χ3v) is 17.4. The zero-order valence-electron chi connectivity index (χ0n) is 45.7. The number of halogens is 2. The summed E-state index contributed by atoms with van der Waals surface area (Å²) in [4.78, 5) is 13.7. The molecule has 1 unspecified atom stereocenters. The Hall–Kier alpha value is -6.99. The topological polar surface area (TPSA) is 66.0 Å². The molecular weight excluding hydrogens is 1010 g/mol. The van der Waals surface area contributed by atoms with Gasteiger partial charge in [0.05, 0.1) is 25.8 Å². The maximum atomic E-state index is 13.7. The Morgan fingerprint density at radius 2 is 1.32 bits per heavy atom. The third kappa shape index (κ3) is 10.1. The zero-order valence-corrected chi connectivity index (χ0v) is 47.3. The molecule has 11 rings (SSSR count). The molecule has 1 amide bonds. The molecule has 78 heavy (non-hydrogen) atoms. The number of nitrogens with one attached hydrogen (secondary N) is 1. The quantitative estimate of drug-likeness (QED) is 0.0921. The smallest absolute Gasteiger partial charge is 0.255 e. The molecule has 0 saturated heterocycles. The minimum Gasteiger partial charge on any atom is -0.497 e. The number of carbonyl (C=O) groups is 1. The molecule has 1 heterocycles. The maximum Gasteiger partial charge on any atom is 0.255 e. The van der Waals surface area contributed by atoms with Gasteiger partial charge in [0.15, 0.2) is 5.60 Å². The third-order valence-electron chi connectivity index (χ3n) is 16.9. The molecule has 8 heteroatoms. The summed E-state index contributed by atoms with van der Waals surface area (Å²) in [5, 5.41) is 5.83. The van der Waals surface area contributed by atoms with Crippen LogP contribution in [-0.4, -0.2) is 26.7 Å². The van der Waals surface area contributed by atoms with Crippen molar-refractivity contribution in [2.45, 2.75) is 109 Å². The summed E-state index contributed by atoms with van der Waals surface area (Å²) in [6.07, 6.45) is 17.1. The fourth-order valence-corrected chi connectivity index (χ4v) is 13.1. The molecule has 8 aromatic rings. The van der Waals surface area contributed by atoms with Crippen LogP contribution in [0, 0.1) is 5.92 Å².